The molecule has 0 fully saturated rings. The van der Waals surface area contributed by atoms with Crippen molar-refractivity contribution in [2.45, 2.75) is 6.92 Å². The minimum absolute atomic E-state index is 0.193. The van der Waals surface area contributed by atoms with Crippen LogP contribution in [0.4, 0.5) is 15.8 Å². The van der Waals surface area contributed by atoms with Gasteiger partial charge in [-0.25, -0.2) is 4.98 Å². The predicted octanol–water partition coefficient (Wildman–Crippen LogP) is 3.48. The van der Waals surface area contributed by atoms with Crippen LogP contribution in [0.1, 0.15) is 16.4 Å². The number of halogens is 1. The predicted molar refractivity (Wildman–Crippen MR) is 104 cm³/mol. The number of nitrogens with zero attached hydrogens (tertiary/aromatic N) is 4. The molecule has 144 valence electrons. The molecule has 0 aliphatic heterocycles. The second-order valence-electron chi connectivity index (χ2n) is 6.18. The molecule has 1 amide bonds. The van der Waals surface area contributed by atoms with Gasteiger partial charge in [-0.2, -0.15) is 4.39 Å². The van der Waals surface area contributed by atoms with E-state index in [1.165, 1.54) is 18.5 Å². The summed E-state index contributed by atoms with van der Waals surface area (Å²) in [7, 11) is 0. The number of hydrogen-bond acceptors (Lipinski definition) is 7. The quantitative estimate of drug-likeness (QED) is 0.404. The van der Waals surface area contributed by atoms with E-state index in [-0.39, 0.29) is 5.69 Å². The highest BCUT2D eigenvalue weighted by Gasteiger charge is 2.13. The fourth-order valence-corrected chi connectivity index (χ4v) is 2.64. The van der Waals surface area contributed by atoms with E-state index in [0.717, 1.165) is 5.56 Å². The molecule has 3 aromatic heterocycles. The smallest absolute Gasteiger partial charge is 0.274 e. The fourth-order valence-electron chi connectivity index (χ4n) is 2.64. The standard InChI is InChI=1S/C20H15FN6O2/c1-11-26-27-20(29-11)14-3-6-16(23-10-14)19(28)25-17-8-12(2-5-15(17)22)13-4-7-18(21)24-9-13/h2-10H,22H2,1H3,(H,25,28). The zero-order valence-electron chi connectivity index (χ0n) is 15.3. The number of amides is 1. The average molecular weight is 390 g/mol. The number of carbonyl (C=O) groups is 1. The molecule has 0 aliphatic carbocycles. The zero-order valence-corrected chi connectivity index (χ0v) is 15.3. The van der Waals surface area contributed by atoms with Crippen LogP contribution in [0.2, 0.25) is 0 Å². The Kier molecular flexibility index (Phi) is 4.70. The van der Waals surface area contributed by atoms with Crippen molar-refractivity contribution in [2.24, 2.45) is 0 Å². The maximum absolute atomic E-state index is 13.0. The Morgan fingerprint density at radius 1 is 1.00 bits per heavy atom. The molecule has 3 heterocycles. The van der Waals surface area contributed by atoms with Crippen LogP contribution in [-0.2, 0) is 0 Å². The van der Waals surface area contributed by atoms with E-state index < -0.39 is 11.9 Å². The van der Waals surface area contributed by atoms with Crippen molar-refractivity contribution in [2.75, 3.05) is 11.1 Å². The van der Waals surface area contributed by atoms with Crippen molar-refractivity contribution in [1.82, 2.24) is 20.2 Å². The first-order valence-corrected chi connectivity index (χ1v) is 8.59. The number of anilines is 2. The second-order valence-corrected chi connectivity index (χ2v) is 6.18. The lowest BCUT2D eigenvalue weighted by Gasteiger charge is -2.10. The highest BCUT2D eigenvalue weighted by molar-refractivity contribution is 6.05. The molecule has 0 saturated carbocycles. The minimum atomic E-state index is -0.567. The van der Waals surface area contributed by atoms with Gasteiger partial charge >= 0.3 is 0 Å². The van der Waals surface area contributed by atoms with Crippen molar-refractivity contribution >= 4 is 17.3 Å². The largest absolute Gasteiger partial charge is 0.421 e. The topological polar surface area (TPSA) is 120 Å². The molecule has 0 bridgehead atoms. The summed E-state index contributed by atoms with van der Waals surface area (Å²) in [4.78, 5) is 20.4. The van der Waals surface area contributed by atoms with Crippen LogP contribution >= 0.6 is 0 Å². The first-order chi connectivity index (χ1) is 14.0. The van der Waals surface area contributed by atoms with Crippen LogP contribution in [0.5, 0.6) is 0 Å². The SMILES string of the molecule is Cc1nnc(-c2ccc(C(=O)Nc3cc(-c4ccc(F)nc4)ccc3N)nc2)o1. The lowest BCUT2D eigenvalue weighted by Crippen LogP contribution is -2.14. The van der Waals surface area contributed by atoms with E-state index in [1.807, 2.05) is 0 Å². The van der Waals surface area contributed by atoms with Crippen LogP contribution in [0.15, 0.2) is 59.3 Å². The Labute approximate surface area is 164 Å². The van der Waals surface area contributed by atoms with Crippen molar-refractivity contribution in [3.63, 3.8) is 0 Å². The molecule has 0 aliphatic rings. The van der Waals surface area contributed by atoms with E-state index >= 15 is 0 Å². The van der Waals surface area contributed by atoms with Crippen molar-refractivity contribution < 1.29 is 13.6 Å². The third-order valence-electron chi connectivity index (χ3n) is 4.13. The number of nitrogens with two attached hydrogens (primary N) is 1. The molecule has 4 aromatic rings. The summed E-state index contributed by atoms with van der Waals surface area (Å²) in [5, 5.41) is 10.4. The van der Waals surface area contributed by atoms with Gasteiger partial charge in [-0.3, -0.25) is 9.78 Å². The molecule has 4 rings (SSSR count). The van der Waals surface area contributed by atoms with Gasteiger partial charge in [0.25, 0.3) is 5.91 Å². The molecule has 29 heavy (non-hydrogen) atoms. The number of benzene rings is 1. The second kappa shape index (κ2) is 7.47. The fraction of sp³-hybridized carbons (Fsp3) is 0.0500. The highest BCUT2D eigenvalue weighted by Crippen LogP contribution is 2.27. The number of nitrogens with one attached hydrogen (secondary N) is 1. The van der Waals surface area contributed by atoms with Crippen LogP contribution in [-0.4, -0.2) is 26.1 Å². The Morgan fingerprint density at radius 2 is 1.76 bits per heavy atom. The highest BCUT2D eigenvalue weighted by atomic mass is 19.1. The number of aromatic nitrogens is 4. The molecular formula is C20H15FN6O2. The number of pyridine rings is 2. The summed E-state index contributed by atoms with van der Waals surface area (Å²) in [5.74, 6) is -0.234. The minimum Gasteiger partial charge on any atom is -0.421 e. The van der Waals surface area contributed by atoms with Crippen molar-refractivity contribution in [3.05, 3.63) is 72.4 Å². The molecule has 0 unspecified atom stereocenters. The van der Waals surface area contributed by atoms with Gasteiger partial charge < -0.3 is 15.5 Å². The van der Waals surface area contributed by atoms with Crippen LogP contribution in [0.25, 0.3) is 22.6 Å². The third kappa shape index (κ3) is 3.93. The molecule has 0 radical (unpaired) electrons. The molecule has 8 nitrogen and oxygen atoms in total. The van der Waals surface area contributed by atoms with Gasteiger partial charge in [-0.1, -0.05) is 6.07 Å². The normalized spacial score (nSPS) is 10.7. The molecule has 0 atom stereocenters. The Morgan fingerprint density at radius 3 is 2.41 bits per heavy atom. The first-order valence-electron chi connectivity index (χ1n) is 8.59. The van der Waals surface area contributed by atoms with Crippen LogP contribution in [0.3, 0.4) is 0 Å². The number of rotatable bonds is 4. The lowest BCUT2D eigenvalue weighted by atomic mass is 10.1. The zero-order chi connectivity index (χ0) is 20.4. The first kappa shape index (κ1) is 18.2. The van der Waals surface area contributed by atoms with E-state index in [9.17, 15) is 9.18 Å². The van der Waals surface area contributed by atoms with E-state index in [2.05, 4.69) is 25.5 Å². The third-order valence-corrected chi connectivity index (χ3v) is 4.13. The summed E-state index contributed by atoms with van der Waals surface area (Å²) in [6, 6.07) is 11.2. The lowest BCUT2D eigenvalue weighted by molar-refractivity contribution is 0.102. The van der Waals surface area contributed by atoms with Gasteiger partial charge in [0, 0.05) is 24.9 Å². The number of hydrogen-bond donors (Lipinski definition) is 2. The Balaban J connectivity index is 1.55. The summed E-state index contributed by atoms with van der Waals surface area (Å²) in [6.07, 6.45) is 2.89. The summed E-state index contributed by atoms with van der Waals surface area (Å²) in [6.45, 7) is 1.69. The average Bonchev–Trinajstić information content (AvgIpc) is 3.17. The monoisotopic (exact) mass is 390 g/mol. The molecule has 0 saturated heterocycles. The number of aryl methyl sites for hydroxylation is 1. The number of carbonyl (C=O) groups excluding carboxylic acids is 1. The summed E-state index contributed by atoms with van der Waals surface area (Å²) < 4.78 is 18.4. The molecule has 0 spiro atoms. The molecule has 9 heteroatoms. The van der Waals surface area contributed by atoms with Gasteiger partial charge in [0.1, 0.15) is 5.69 Å². The van der Waals surface area contributed by atoms with Gasteiger partial charge in [0.15, 0.2) is 0 Å². The molecular weight excluding hydrogens is 375 g/mol. The molecule has 1 aromatic carbocycles. The maximum atomic E-state index is 13.0. The van der Waals surface area contributed by atoms with Crippen molar-refractivity contribution in [1.29, 1.82) is 0 Å². The van der Waals surface area contributed by atoms with Gasteiger partial charge in [-0.05, 0) is 42.0 Å². The Bertz CT molecular complexity index is 1170. The van der Waals surface area contributed by atoms with Crippen LogP contribution < -0.4 is 11.1 Å². The van der Waals surface area contributed by atoms with Gasteiger partial charge in [0.2, 0.25) is 17.7 Å². The van der Waals surface area contributed by atoms with Gasteiger partial charge in [0.05, 0.1) is 16.9 Å². The van der Waals surface area contributed by atoms with E-state index in [4.69, 9.17) is 10.2 Å². The number of nitrogen functional groups attached to an aromatic ring is 1. The van der Waals surface area contributed by atoms with Crippen molar-refractivity contribution in [3.8, 4) is 22.6 Å². The molecule has 3 N–H and O–H groups in total. The van der Waals surface area contributed by atoms with E-state index in [0.29, 0.717) is 34.3 Å². The van der Waals surface area contributed by atoms with Crippen LogP contribution in [0, 0.1) is 12.9 Å². The van der Waals surface area contributed by atoms with E-state index in [1.54, 1.807) is 43.3 Å². The van der Waals surface area contributed by atoms with Gasteiger partial charge in [-0.15, -0.1) is 10.2 Å². The maximum Gasteiger partial charge on any atom is 0.274 e. The Hall–Kier alpha value is -4.14. The summed E-state index contributed by atoms with van der Waals surface area (Å²) >= 11 is 0. The summed E-state index contributed by atoms with van der Waals surface area (Å²) in [5.41, 5.74) is 9.00.